The number of nitrogens with one attached hydrogen (secondary N) is 1. The SMILES string of the molecule is C=C1C=C(/C(=C2\C=CC=[N+]2B(F)F)c2ccc[nH]2)c2ccccc2O1. The number of fused-ring (bicyclic) bond motifs is 1. The van der Waals surface area contributed by atoms with Crippen LogP contribution in [0.4, 0.5) is 8.63 Å². The Hall–Kier alpha value is -3.15. The van der Waals surface area contributed by atoms with Crippen LogP contribution in [0.25, 0.3) is 11.1 Å². The van der Waals surface area contributed by atoms with E-state index in [-0.39, 0.29) is 0 Å². The van der Waals surface area contributed by atoms with Crippen molar-refractivity contribution in [1.82, 2.24) is 4.98 Å². The fraction of sp³-hybridized carbons (Fsp3) is 0. The average molecular weight is 335 g/mol. The van der Waals surface area contributed by atoms with Crippen molar-refractivity contribution < 1.29 is 17.9 Å². The van der Waals surface area contributed by atoms with E-state index >= 15 is 0 Å². The van der Waals surface area contributed by atoms with Gasteiger partial charge in [0.1, 0.15) is 17.7 Å². The first-order valence-corrected chi connectivity index (χ1v) is 7.79. The van der Waals surface area contributed by atoms with Gasteiger partial charge in [0.15, 0.2) is 5.70 Å². The van der Waals surface area contributed by atoms with E-state index in [1.54, 1.807) is 24.4 Å². The Bertz CT molecular complexity index is 969. The number of H-pyrrole nitrogens is 1. The number of allylic oxidation sites excluding steroid dienone is 5. The molecule has 2 aliphatic rings. The van der Waals surface area contributed by atoms with Crippen LogP contribution in [0.5, 0.6) is 5.75 Å². The molecule has 6 heteroatoms. The molecule has 0 atom stereocenters. The van der Waals surface area contributed by atoms with Gasteiger partial charge in [0, 0.05) is 29.5 Å². The summed E-state index contributed by atoms with van der Waals surface area (Å²) in [7, 11) is -2.63. The third-order valence-electron chi connectivity index (χ3n) is 4.11. The van der Waals surface area contributed by atoms with E-state index in [1.807, 2.05) is 36.4 Å². The molecule has 2 aromatic rings. The molecule has 0 fully saturated rings. The van der Waals surface area contributed by atoms with Crippen molar-refractivity contribution in [3.63, 3.8) is 0 Å². The van der Waals surface area contributed by atoms with Crippen LogP contribution in [0.1, 0.15) is 11.3 Å². The Labute approximate surface area is 144 Å². The summed E-state index contributed by atoms with van der Waals surface area (Å²) in [4.78, 5) is 3.13. The van der Waals surface area contributed by atoms with E-state index in [0.717, 1.165) is 21.3 Å². The van der Waals surface area contributed by atoms with Crippen LogP contribution in [0, 0.1) is 0 Å². The minimum absolute atomic E-state index is 0.424. The third-order valence-corrected chi connectivity index (χ3v) is 4.11. The van der Waals surface area contributed by atoms with E-state index in [1.165, 1.54) is 6.21 Å². The first-order chi connectivity index (χ1) is 12.1. The molecule has 1 N–H and O–H groups in total. The summed E-state index contributed by atoms with van der Waals surface area (Å²) in [6.07, 6.45) is 8.23. The van der Waals surface area contributed by atoms with Crippen molar-refractivity contribution in [1.29, 1.82) is 0 Å². The zero-order valence-corrected chi connectivity index (χ0v) is 13.2. The number of benzene rings is 1. The highest BCUT2D eigenvalue weighted by molar-refractivity contribution is 6.34. The highest BCUT2D eigenvalue weighted by Crippen LogP contribution is 2.42. The van der Waals surface area contributed by atoms with Gasteiger partial charge in [0.2, 0.25) is 0 Å². The predicted molar refractivity (Wildman–Crippen MR) is 95.3 cm³/mol. The Balaban J connectivity index is 1.99. The van der Waals surface area contributed by atoms with E-state index in [2.05, 4.69) is 11.6 Å². The molecule has 3 nitrogen and oxygen atoms in total. The molecule has 25 heavy (non-hydrogen) atoms. The Morgan fingerprint density at radius 2 is 2.00 bits per heavy atom. The minimum atomic E-state index is -2.63. The van der Waals surface area contributed by atoms with Crippen LogP contribution in [0.15, 0.2) is 78.9 Å². The van der Waals surface area contributed by atoms with Gasteiger partial charge in [-0.1, -0.05) is 24.8 Å². The quantitative estimate of drug-likeness (QED) is 0.833. The lowest BCUT2D eigenvalue weighted by molar-refractivity contribution is -0.335. The number of aromatic amines is 1. The molecule has 1 aromatic heterocycles. The number of nitrogens with zero attached hydrogens (tertiary/aromatic N) is 1. The summed E-state index contributed by atoms with van der Waals surface area (Å²) in [6, 6.07) is 11.2. The van der Waals surface area contributed by atoms with Gasteiger partial charge in [0.25, 0.3) is 0 Å². The maximum Gasteiger partial charge on any atom is 0.934 e. The van der Waals surface area contributed by atoms with Crippen LogP contribution in [-0.4, -0.2) is 23.1 Å². The third kappa shape index (κ3) is 2.65. The molecule has 1 aromatic carbocycles. The number of hydrogen-bond donors (Lipinski definition) is 1. The van der Waals surface area contributed by atoms with E-state index in [4.69, 9.17) is 4.74 Å². The van der Waals surface area contributed by atoms with Crippen molar-refractivity contribution in [3.05, 3.63) is 90.1 Å². The average Bonchev–Trinajstić information content (AvgIpc) is 3.27. The molecule has 0 bridgehead atoms. The molecule has 2 aliphatic heterocycles. The van der Waals surface area contributed by atoms with Crippen LogP contribution in [0.3, 0.4) is 0 Å². The van der Waals surface area contributed by atoms with Crippen LogP contribution in [-0.2, 0) is 0 Å². The standard InChI is InChI=1S/C19H13BF2N2O/c1-13-12-15(14-6-2-3-9-18(14)25-13)19(16-7-4-10-23-16)17-8-5-11-24(17)20(21)22/h2-12H,1H2/p+1. The number of aromatic nitrogens is 1. The topological polar surface area (TPSA) is 28.0 Å². The first kappa shape index (κ1) is 15.4. The zero-order chi connectivity index (χ0) is 17.4. The molecular formula is C19H14BF2N2O+. The van der Waals surface area contributed by atoms with Crippen LogP contribution >= 0.6 is 0 Å². The molecule has 3 heterocycles. The maximum atomic E-state index is 13.5. The van der Waals surface area contributed by atoms with Gasteiger partial charge in [-0.25, -0.2) is 13.1 Å². The van der Waals surface area contributed by atoms with Crippen molar-refractivity contribution in [2.45, 2.75) is 0 Å². The molecule has 0 aliphatic carbocycles. The number of ether oxygens (including phenoxy) is 1. The lowest BCUT2D eigenvalue weighted by Gasteiger charge is -2.21. The Morgan fingerprint density at radius 3 is 2.76 bits per heavy atom. The van der Waals surface area contributed by atoms with Gasteiger partial charge in [-0.15, -0.1) is 0 Å². The van der Waals surface area contributed by atoms with Gasteiger partial charge in [-0.3, -0.25) is 0 Å². The molecule has 0 spiro atoms. The number of para-hydroxylation sites is 1. The van der Waals surface area contributed by atoms with E-state index in [9.17, 15) is 8.63 Å². The van der Waals surface area contributed by atoms with Gasteiger partial charge < -0.3 is 9.72 Å². The predicted octanol–water partition coefficient (Wildman–Crippen LogP) is 4.29. The largest absolute Gasteiger partial charge is 0.934 e. The van der Waals surface area contributed by atoms with Crippen molar-refractivity contribution >= 4 is 24.8 Å². The van der Waals surface area contributed by atoms with Gasteiger partial charge >= 0.3 is 7.40 Å². The lowest BCUT2D eigenvalue weighted by Crippen LogP contribution is -2.21. The second-order valence-corrected chi connectivity index (χ2v) is 5.66. The van der Waals surface area contributed by atoms with Crippen LogP contribution < -0.4 is 4.74 Å². The van der Waals surface area contributed by atoms with Crippen molar-refractivity contribution in [2.75, 3.05) is 0 Å². The van der Waals surface area contributed by atoms with Crippen molar-refractivity contribution in [3.8, 4) is 5.75 Å². The van der Waals surface area contributed by atoms with Gasteiger partial charge in [-0.05, 0) is 24.3 Å². The molecule has 4 rings (SSSR count). The van der Waals surface area contributed by atoms with E-state index < -0.39 is 7.40 Å². The summed E-state index contributed by atoms with van der Waals surface area (Å²) in [5.41, 5.74) is 3.47. The van der Waals surface area contributed by atoms with E-state index in [0.29, 0.717) is 22.8 Å². The number of rotatable bonds is 3. The summed E-state index contributed by atoms with van der Waals surface area (Å²) in [6.45, 7) is 3.89. The normalized spacial score (nSPS) is 17.6. The summed E-state index contributed by atoms with van der Waals surface area (Å²) < 4.78 is 33.6. The summed E-state index contributed by atoms with van der Waals surface area (Å²) >= 11 is 0. The number of hydrogen-bond acceptors (Lipinski definition) is 1. The number of halogens is 2. The molecule has 0 saturated carbocycles. The molecule has 0 unspecified atom stereocenters. The smallest absolute Gasteiger partial charge is 0.457 e. The highest BCUT2D eigenvalue weighted by atomic mass is 19.2. The lowest BCUT2D eigenvalue weighted by atomic mass is 9.90. The summed E-state index contributed by atoms with van der Waals surface area (Å²) in [5.74, 6) is 1.12. The first-order valence-electron chi connectivity index (χ1n) is 7.79. The Morgan fingerprint density at radius 1 is 1.16 bits per heavy atom. The molecule has 0 saturated heterocycles. The Kier molecular flexibility index (Phi) is 3.73. The molecule has 0 amide bonds. The van der Waals surface area contributed by atoms with Crippen molar-refractivity contribution in [2.24, 2.45) is 0 Å². The second-order valence-electron chi connectivity index (χ2n) is 5.66. The molecular weight excluding hydrogens is 321 g/mol. The fourth-order valence-corrected chi connectivity index (χ4v) is 3.08. The monoisotopic (exact) mass is 335 g/mol. The van der Waals surface area contributed by atoms with Crippen LogP contribution in [0.2, 0.25) is 0 Å². The maximum absolute atomic E-state index is 13.5. The highest BCUT2D eigenvalue weighted by Gasteiger charge is 2.40. The second kappa shape index (κ2) is 6.05. The van der Waals surface area contributed by atoms with Gasteiger partial charge in [-0.2, -0.15) is 0 Å². The summed E-state index contributed by atoms with van der Waals surface area (Å²) in [5, 5.41) is 0. The minimum Gasteiger partial charge on any atom is -0.457 e. The molecule has 122 valence electrons. The fourth-order valence-electron chi connectivity index (χ4n) is 3.08. The molecule has 0 radical (unpaired) electrons. The van der Waals surface area contributed by atoms with Gasteiger partial charge in [0.05, 0.1) is 11.3 Å². The zero-order valence-electron chi connectivity index (χ0n) is 13.2.